The molecule has 1 saturated carbocycles. The van der Waals surface area contributed by atoms with Crippen LogP contribution in [0, 0.1) is 11.3 Å². The van der Waals surface area contributed by atoms with E-state index in [1.54, 1.807) is 0 Å². The fraction of sp³-hybridized carbons (Fsp3) is 1.00. The Morgan fingerprint density at radius 1 is 1.24 bits per heavy atom. The summed E-state index contributed by atoms with van der Waals surface area (Å²) < 4.78 is 5.83. The first-order valence-electron chi connectivity index (χ1n) is 7.47. The van der Waals surface area contributed by atoms with Gasteiger partial charge in [0.05, 0.1) is 6.10 Å². The molecule has 3 unspecified atom stereocenters. The van der Waals surface area contributed by atoms with Crippen molar-refractivity contribution in [1.29, 1.82) is 0 Å². The highest BCUT2D eigenvalue weighted by Crippen LogP contribution is 2.45. The molecule has 2 heteroatoms. The van der Waals surface area contributed by atoms with Crippen molar-refractivity contribution < 1.29 is 4.74 Å². The quantitative estimate of drug-likeness (QED) is 0.701. The van der Waals surface area contributed by atoms with E-state index in [1.807, 2.05) is 0 Å². The molecule has 3 atom stereocenters. The Hall–Kier alpha value is -0.0800. The summed E-state index contributed by atoms with van der Waals surface area (Å²) in [6.45, 7) is 13.4. The van der Waals surface area contributed by atoms with E-state index in [4.69, 9.17) is 4.74 Å². The van der Waals surface area contributed by atoms with E-state index in [0.717, 1.165) is 12.5 Å². The van der Waals surface area contributed by atoms with Crippen LogP contribution in [0.5, 0.6) is 0 Å². The van der Waals surface area contributed by atoms with Gasteiger partial charge >= 0.3 is 0 Å². The van der Waals surface area contributed by atoms with E-state index in [0.29, 0.717) is 17.6 Å². The third-order valence-corrected chi connectivity index (χ3v) is 4.92. The van der Waals surface area contributed by atoms with E-state index in [2.05, 4.69) is 39.9 Å². The van der Waals surface area contributed by atoms with Crippen molar-refractivity contribution in [3.05, 3.63) is 0 Å². The second kappa shape index (κ2) is 6.75. The molecule has 0 aromatic heterocycles. The third-order valence-electron chi connectivity index (χ3n) is 4.92. The van der Waals surface area contributed by atoms with Gasteiger partial charge in [0.1, 0.15) is 0 Å². The number of nitrogens with one attached hydrogen (secondary N) is 1. The van der Waals surface area contributed by atoms with Crippen molar-refractivity contribution in [2.24, 2.45) is 11.3 Å². The van der Waals surface area contributed by atoms with E-state index < -0.39 is 0 Å². The van der Waals surface area contributed by atoms with Gasteiger partial charge in [0.2, 0.25) is 0 Å². The van der Waals surface area contributed by atoms with E-state index in [-0.39, 0.29) is 0 Å². The molecule has 1 aliphatic carbocycles. The maximum absolute atomic E-state index is 5.83. The van der Waals surface area contributed by atoms with Gasteiger partial charge in [-0.3, -0.25) is 0 Å². The van der Waals surface area contributed by atoms with Gasteiger partial charge < -0.3 is 10.1 Å². The molecule has 1 N–H and O–H groups in total. The molecule has 1 fully saturated rings. The Kier molecular flexibility index (Phi) is 5.94. The maximum Gasteiger partial charge on any atom is 0.0658 e. The smallest absolute Gasteiger partial charge is 0.0658 e. The van der Waals surface area contributed by atoms with Crippen molar-refractivity contribution in [2.75, 3.05) is 13.2 Å². The Morgan fingerprint density at radius 2 is 1.88 bits per heavy atom. The van der Waals surface area contributed by atoms with E-state index in [9.17, 15) is 0 Å². The van der Waals surface area contributed by atoms with Crippen LogP contribution in [0.2, 0.25) is 0 Å². The van der Waals surface area contributed by atoms with E-state index in [1.165, 1.54) is 32.2 Å². The molecule has 1 aliphatic rings. The van der Waals surface area contributed by atoms with Crippen LogP contribution in [0.3, 0.4) is 0 Å². The summed E-state index contributed by atoms with van der Waals surface area (Å²) >= 11 is 0. The molecule has 0 aromatic carbocycles. The van der Waals surface area contributed by atoms with Gasteiger partial charge in [-0.15, -0.1) is 0 Å². The highest BCUT2D eigenvalue weighted by molar-refractivity contribution is 5.04. The normalized spacial score (nSPS) is 32.8. The lowest BCUT2D eigenvalue weighted by atomic mass is 9.61. The number of hydrogen-bond acceptors (Lipinski definition) is 2. The first kappa shape index (κ1) is 15.0. The van der Waals surface area contributed by atoms with Gasteiger partial charge in [0.25, 0.3) is 0 Å². The van der Waals surface area contributed by atoms with Crippen molar-refractivity contribution in [2.45, 2.75) is 72.4 Å². The molecular formula is C15H31NO. The first-order valence-corrected chi connectivity index (χ1v) is 7.47. The average Bonchev–Trinajstić information content (AvgIpc) is 2.36. The Balaban J connectivity index is 2.40. The molecule has 0 aliphatic heterocycles. The van der Waals surface area contributed by atoms with Crippen LogP contribution >= 0.6 is 0 Å². The summed E-state index contributed by atoms with van der Waals surface area (Å²) in [5.41, 5.74) is 0.349. The number of hydrogen-bond donors (Lipinski definition) is 1. The Bertz CT molecular complexity index is 215. The van der Waals surface area contributed by atoms with Crippen LogP contribution in [0.4, 0.5) is 0 Å². The van der Waals surface area contributed by atoms with Crippen molar-refractivity contribution >= 4 is 0 Å². The molecule has 0 heterocycles. The molecule has 0 amide bonds. The second-order valence-corrected chi connectivity index (χ2v) is 5.68. The largest absolute Gasteiger partial charge is 0.378 e. The topological polar surface area (TPSA) is 21.3 Å². The molecule has 0 radical (unpaired) electrons. The zero-order chi connectivity index (χ0) is 12.9. The SMILES string of the molecule is CCOC1CC(NCC(CC)CC)C1(C)CC. The Morgan fingerprint density at radius 3 is 2.35 bits per heavy atom. The van der Waals surface area contributed by atoms with Gasteiger partial charge in [-0.1, -0.05) is 40.5 Å². The first-order chi connectivity index (χ1) is 8.12. The lowest BCUT2D eigenvalue weighted by Crippen LogP contribution is -2.62. The molecule has 0 saturated heterocycles. The fourth-order valence-electron chi connectivity index (χ4n) is 2.95. The van der Waals surface area contributed by atoms with Gasteiger partial charge in [0, 0.05) is 18.1 Å². The van der Waals surface area contributed by atoms with Gasteiger partial charge in [-0.05, 0) is 32.2 Å². The van der Waals surface area contributed by atoms with Crippen LogP contribution in [0.25, 0.3) is 0 Å². The molecule has 1 rings (SSSR count). The van der Waals surface area contributed by atoms with Gasteiger partial charge in [-0.2, -0.15) is 0 Å². The fourth-order valence-corrected chi connectivity index (χ4v) is 2.95. The molecule has 0 aromatic rings. The van der Waals surface area contributed by atoms with Crippen LogP contribution < -0.4 is 5.32 Å². The monoisotopic (exact) mass is 241 g/mol. The minimum atomic E-state index is 0.349. The summed E-state index contributed by atoms with van der Waals surface area (Å²) in [5, 5.41) is 3.77. The average molecular weight is 241 g/mol. The highest BCUT2D eigenvalue weighted by atomic mass is 16.5. The van der Waals surface area contributed by atoms with Crippen LogP contribution in [-0.2, 0) is 4.74 Å². The summed E-state index contributed by atoms with van der Waals surface area (Å²) in [6, 6.07) is 0.657. The Labute approximate surface area is 108 Å². The zero-order valence-electron chi connectivity index (χ0n) is 12.4. The summed E-state index contributed by atoms with van der Waals surface area (Å²) in [4.78, 5) is 0. The maximum atomic E-state index is 5.83. The minimum Gasteiger partial charge on any atom is -0.378 e. The van der Waals surface area contributed by atoms with Gasteiger partial charge in [-0.25, -0.2) is 0 Å². The molecule has 17 heavy (non-hydrogen) atoms. The van der Waals surface area contributed by atoms with Crippen molar-refractivity contribution in [3.63, 3.8) is 0 Å². The lowest BCUT2D eigenvalue weighted by Gasteiger charge is -2.54. The predicted octanol–water partition coefficient (Wildman–Crippen LogP) is 3.61. The number of ether oxygens (including phenoxy) is 1. The second-order valence-electron chi connectivity index (χ2n) is 5.68. The summed E-state index contributed by atoms with van der Waals surface area (Å²) in [6.07, 6.45) is 5.44. The summed E-state index contributed by atoms with van der Waals surface area (Å²) in [7, 11) is 0. The zero-order valence-corrected chi connectivity index (χ0v) is 12.4. The van der Waals surface area contributed by atoms with Crippen molar-refractivity contribution in [3.8, 4) is 0 Å². The number of rotatable bonds is 8. The van der Waals surface area contributed by atoms with Gasteiger partial charge in [0.15, 0.2) is 0 Å². The van der Waals surface area contributed by atoms with Crippen LogP contribution in [0.15, 0.2) is 0 Å². The predicted molar refractivity (Wildman–Crippen MR) is 74.3 cm³/mol. The summed E-state index contributed by atoms with van der Waals surface area (Å²) in [5.74, 6) is 0.835. The van der Waals surface area contributed by atoms with Crippen LogP contribution in [0.1, 0.15) is 60.3 Å². The van der Waals surface area contributed by atoms with Crippen molar-refractivity contribution in [1.82, 2.24) is 5.32 Å². The molecular weight excluding hydrogens is 210 g/mol. The molecule has 102 valence electrons. The lowest BCUT2D eigenvalue weighted by molar-refractivity contribution is -0.126. The van der Waals surface area contributed by atoms with E-state index >= 15 is 0 Å². The standard InChI is InChI=1S/C15H31NO/c1-6-12(7-2)11-16-13-10-14(17-9-4)15(13,5)8-3/h12-14,16H,6-11H2,1-5H3. The molecule has 0 bridgehead atoms. The highest BCUT2D eigenvalue weighted by Gasteiger charge is 2.50. The van der Waals surface area contributed by atoms with Crippen LogP contribution in [-0.4, -0.2) is 25.3 Å². The third kappa shape index (κ3) is 3.23. The minimum absolute atomic E-state index is 0.349. The molecule has 0 spiro atoms. The molecule has 2 nitrogen and oxygen atoms in total.